The van der Waals surface area contributed by atoms with Crippen molar-refractivity contribution in [1.82, 2.24) is 5.32 Å². The molecule has 0 aliphatic heterocycles. The Morgan fingerprint density at radius 2 is 1.95 bits per heavy atom. The van der Waals surface area contributed by atoms with Gasteiger partial charge >= 0.3 is 0 Å². The van der Waals surface area contributed by atoms with Crippen LogP contribution in [-0.2, 0) is 4.74 Å². The van der Waals surface area contributed by atoms with Crippen molar-refractivity contribution in [3.8, 4) is 6.07 Å². The van der Waals surface area contributed by atoms with E-state index in [2.05, 4.69) is 25.2 Å². The average molecular weight is 292 g/mol. The van der Waals surface area contributed by atoms with Gasteiger partial charge in [0.05, 0.1) is 12.2 Å². The maximum atomic E-state index is 9.53. The zero-order valence-electron chi connectivity index (χ0n) is 13.9. The molecule has 2 rings (SSSR count). The van der Waals surface area contributed by atoms with Gasteiger partial charge in [-0.25, -0.2) is 0 Å². The van der Waals surface area contributed by atoms with E-state index in [1.807, 2.05) is 0 Å². The maximum absolute atomic E-state index is 9.53. The molecule has 3 atom stereocenters. The molecule has 0 aromatic rings. The summed E-state index contributed by atoms with van der Waals surface area (Å²) in [6.45, 7) is 5.22. The average Bonchev–Trinajstić information content (AvgIpc) is 3.34. The largest absolute Gasteiger partial charge is 0.378 e. The second-order valence-electron chi connectivity index (χ2n) is 6.93. The first kappa shape index (κ1) is 16.8. The minimum absolute atomic E-state index is 0.318. The first-order valence-corrected chi connectivity index (χ1v) is 9.03. The zero-order chi connectivity index (χ0) is 15.1. The summed E-state index contributed by atoms with van der Waals surface area (Å²) in [5, 5.41) is 13.1. The molecule has 120 valence electrons. The highest BCUT2D eigenvalue weighted by atomic mass is 16.5. The van der Waals surface area contributed by atoms with Crippen LogP contribution in [0.1, 0.15) is 78.1 Å². The van der Waals surface area contributed by atoms with Gasteiger partial charge in [0.15, 0.2) is 0 Å². The maximum Gasteiger partial charge on any atom is 0.106 e. The summed E-state index contributed by atoms with van der Waals surface area (Å²) >= 11 is 0. The third kappa shape index (κ3) is 4.97. The molecule has 1 N–H and O–H groups in total. The lowest BCUT2D eigenvalue weighted by atomic mass is 9.84. The van der Waals surface area contributed by atoms with Gasteiger partial charge in [-0.2, -0.15) is 5.26 Å². The van der Waals surface area contributed by atoms with Gasteiger partial charge in [0.2, 0.25) is 0 Å². The molecular weight excluding hydrogens is 260 g/mol. The Hall–Kier alpha value is -0.590. The number of nitriles is 1. The van der Waals surface area contributed by atoms with E-state index in [4.69, 9.17) is 4.74 Å². The van der Waals surface area contributed by atoms with Gasteiger partial charge in [0, 0.05) is 12.6 Å². The highest BCUT2D eigenvalue weighted by molar-refractivity contribution is 5.09. The summed E-state index contributed by atoms with van der Waals surface area (Å²) in [7, 11) is 0. The summed E-state index contributed by atoms with van der Waals surface area (Å²) in [4.78, 5) is 0. The van der Waals surface area contributed by atoms with Gasteiger partial charge < -0.3 is 4.74 Å². The number of nitrogens with zero attached hydrogens (tertiary/aromatic N) is 1. The van der Waals surface area contributed by atoms with Crippen molar-refractivity contribution >= 4 is 0 Å². The monoisotopic (exact) mass is 292 g/mol. The molecule has 2 saturated carbocycles. The molecule has 0 aromatic carbocycles. The minimum Gasteiger partial charge on any atom is -0.378 e. The van der Waals surface area contributed by atoms with E-state index in [1.165, 1.54) is 44.9 Å². The molecule has 2 aliphatic rings. The summed E-state index contributed by atoms with van der Waals surface area (Å²) in [6.07, 6.45) is 12.2. The van der Waals surface area contributed by atoms with Crippen molar-refractivity contribution in [3.63, 3.8) is 0 Å². The second-order valence-corrected chi connectivity index (χ2v) is 6.93. The highest BCUT2D eigenvalue weighted by Crippen LogP contribution is 2.30. The van der Waals surface area contributed by atoms with Crippen LogP contribution in [0.2, 0.25) is 0 Å². The van der Waals surface area contributed by atoms with Crippen LogP contribution in [0.4, 0.5) is 0 Å². The molecule has 0 amide bonds. The summed E-state index contributed by atoms with van der Waals surface area (Å²) < 4.78 is 6.15. The first-order chi connectivity index (χ1) is 10.2. The molecule has 0 spiro atoms. The summed E-state index contributed by atoms with van der Waals surface area (Å²) in [6, 6.07) is 3.12. The van der Waals surface area contributed by atoms with Gasteiger partial charge in [-0.3, -0.25) is 5.32 Å². The van der Waals surface area contributed by atoms with E-state index in [1.54, 1.807) is 0 Å². The van der Waals surface area contributed by atoms with Gasteiger partial charge in [0.1, 0.15) is 5.54 Å². The number of hydrogen-bond donors (Lipinski definition) is 1. The van der Waals surface area contributed by atoms with Gasteiger partial charge in [-0.15, -0.1) is 0 Å². The van der Waals surface area contributed by atoms with Crippen LogP contribution in [0.15, 0.2) is 0 Å². The van der Waals surface area contributed by atoms with Crippen molar-refractivity contribution in [3.05, 3.63) is 0 Å². The molecule has 3 nitrogen and oxygen atoms in total. The van der Waals surface area contributed by atoms with Crippen molar-refractivity contribution in [2.24, 2.45) is 5.92 Å². The molecular formula is C18H32N2O. The Morgan fingerprint density at radius 3 is 2.57 bits per heavy atom. The number of nitrogens with one attached hydrogen (secondary N) is 1. The van der Waals surface area contributed by atoms with Crippen LogP contribution in [0.3, 0.4) is 0 Å². The number of hydrogen-bond acceptors (Lipinski definition) is 3. The summed E-state index contributed by atoms with van der Waals surface area (Å²) in [5.74, 6) is 0.759. The molecule has 3 heteroatoms. The van der Waals surface area contributed by atoms with E-state index < -0.39 is 0 Å². The Bertz CT molecular complexity index is 348. The SMILES string of the molecule is CCC1CCCCC1OCCCC(C#N)(CC)NC1CC1. The lowest BCUT2D eigenvalue weighted by Gasteiger charge is -2.31. The van der Waals surface area contributed by atoms with Crippen molar-refractivity contribution in [2.45, 2.75) is 95.7 Å². The lowest BCUT2D eigenvalue weighted by molar-refractivity contribution is -0.0147. The fraction of sp³-hybridized carbons (Fsp3) is 0.944. The molecule has 0 aromatic heterocycles. The molecule has 0 saturated heterocycles. The molecule has 21 heavy (non-hydrogen) atoms. The third-order valence-corrected chi connectivity index (χ3v) is 5.32. The highest BCUT2D eigenvalue weighted by Gasteiger charge is 2.34. The lowest BCUT2D eigenvalue weighted by Crippen LogP contribution is -2.45. The normalized spacial score (nSPS) is 28.8. The number of rotatable bonds is 9. The fourth-order valence-corrected chi connectivity index (χ4v) is 3.61. The van der Waals surface area contributed by atoms with Crippen LogP contribution in [0.25, 0.3) is 0 Å². The van der Waals surface area contributed by atoms with E-state index in [0.29, 0.717) is 12.1 Å². The van der Waals surface area contributed by atoms with E-state index in [-0.39, 0.29) is 5.54 Å². The van der Waals surface area contributed by atoms with Crippen molar-refractivity contribution in [2.75, 3.05) is 6.61 Å². The van der Waals surface area contributed by atoms with E-state index in [9.17, 15) is 5.26 Å². The van der Waals surface area contributed by atoms with Crippen LogP contribution in [0.5, 0.6) is 0 Å². The Morgan fingerprint density at radius 1 is 1.19 bits per heavy atom. The van der Waals surface area contributed by atoms with Gasteiger partial charge in [0.25, 0.3) is 0 Å². The van der Waals surface area contributed by atoms with Gasteiger partial charge in [-0.05, 0) is 50.9 Å². The molecule has 0 bridgehead atoms. The third-order valence-electron chi connectivity index (χ3n) is 5.32. The first-order valence-electron chi connectivity index (χ1n) is 9.03. The molecule has 0 radical (unpaired) electrons. The molecule has 2 aliphatic carbocycles. The quantitative estimate of drug-likeness (QED) is 0.648. The van der Waals surface area contributed by atoms with Crippen LogP contribution in [-0.4, -0.2) is 24.3 Å². The van der Waals surface area contributed by atoms with Gasteiger partial charge in [-0.1, -0.05) is 33.1 Å². The zero-order valence-corrected chi connectivity index (χ0v) is 13.9. The molecule has 3 unspecified atom stereocenters. The molecule has 2 fully saturated rings. The second kappa shape index (κ2) is 8.15. The standard InChI is InChI=1S/C18H32N2O/c1-3-15-8-5-6-9-17(15)21-13-7-12-18(4-2,14-19)20-16-10-11-16/h15-17,20H,3-13H2,1-2H3. The minimum atomic E-state index is -0.318. The molecule has 0 heterocycles. The predicted octanol–water partition coefficient (Wildman–Crippen LogP) is 4.18. The van der Waals surface area contributed by atoms with E-state index in [0.717, 1.165) is 31.8 Å². The number of ether oxygens (including phenoxy) is 1. The Balaban J connectivity index is 1.70. The summed E-state index contributed by atoms with van der Waals surface area (Å²) in [5.41, 5.74) is -0.318. The van der Waals surface area contributed by atoms with Crippen LogP contribution >= 0.6 is 0 Å². The Labute approximate surface area is 130 Å². The Kier molecular flexibility index (Phi) is 6.51. The predicted molar refractivity (Wildman–Crippen MR) is 86.0 cm³/mol. The fourth-order valence-electron chi connectivity index (χ4n) is 3.61. The van der Waals surface area contributed by atoms with Crippen LogP contribution in [0, 0.1) is 17.2 Å². The van der Waals surface area contributed by atoms with Crippen LogP contribution < -0.4 is 5.32 Å². The topological polar surface area (TPSA) is 45.0 Å². The van der Waals surface area contributed by atoms with E-state index >= 15 is 0 Å². The van der Waals surface area contributed by atoms with Crippen molar-refractivity contribution < 1.29 is 4.74 Å². The van der Waals surface area contributed by atoms with Crippen molar-refractivity contribution in [1.29, 1.82) is 5.26 Å². The smallest absolute Gasteiger partial charge is 0.106 e.